The van der Waals surface area contributed by atoms with E-state index in [1.54, 1.807) is 25.1 Å². The first-order chi connectivity index (χ1) is 12.9. The van der Waals surface area contributed by atoms with Gasteiger partial charge in [-0.2, -0.15) is 0 Å². The Labute approximate surface area is 160 Å². The minimum absolute atomic E-state index is 0.0120. The number of hydrogen-bond acceptors (Lipinski definition) is 3. The zero-order valence-electron chi connectivity index (χ0n) is 16.0. The second kappa shape index (κ2) is 9.62. The Hall–Kier alpha value is -3.02. The van der Waals surface area contributed by atoms with Gasteiger partial charge in [-0.3, -0.25) is 4.79 Å². The van der Waals surface area contributed by atoms with Crippen molar-refractivity contribution < 1.29 is 14.7 Å². The van der Waals surface area contributed by atoms with Crippen LogP contribution >= 0.6 is 0 Å². The number of anilines is 2. The van der Waals surface area contributed by atoms with Crippen molar-refractivity contribution in [2.24, 2.45) is 0 Å². The van der Waals surface area contributed by atoms with Crippen LogP contribution in [0.4, 0.5) is 16.2 Å². The zero-order valence-corrected chi connectivity index (χ0v) is 16.0. The van der Waals surface area contributed by atoms with E-state index in [1.165, 1.54) is 0 Å². The molecule has 2 aromatic carbocycles. The largest absolute Gasteiger partial charge is 0.508 e. The molecule has 0 bridgehead atoms. The number of phenolic OH excluding ortho intramolecular Hbond substituents is 1. The van der Waals surface area contributed by atoms with Crippen LogP contribution < -0.4 is 16.0 Å². The van der Waals surface area contributed by atoms with Gasteiger partial charge in [-0.05, 0) is 62.1 Å². The lowest BCUT2D eigenvalue weighted by Gasteiger charge is -2.16. The summed E-state index contributed by atoms with van der Waals surface area (Å²) >= 11 is 0. The summed E-state index contributed by atoms with van der Waals surface area (Å²) in [7, 11) is 0. The van der Waals surface area contributed by atoms with Gasteiger partial charge >= 0.3 is 6.03 Å². The van der Waals surface area contributed by atoms with Crippen LogP contribution in [0.3, 0.4) is 0 Å². The highest BCUT2D eigenvalue weighted by atomic mass is 16.3. The number of hydrogen-bond donors (Lipinski definition) is 4. The third-order valence-electron chi connectivity index (χ3n) is 4.27. The molecule has 0 aliphatic rings. The lowest BCUT2D eigenvalue weighted by atomic mass is 10.1. The summed E-state index contributed by atoms with van der Waals surface area (Å²) in [5, 5.41) is 17.9. The average Bonchev–Trinajstić information content (AvgIpc) is 2.63. The highest BCUT2D eigenvalue weighted by Crippen LogP contribution is 2.20. The number of aryl methyl sites for hydroxylation is 2. The van der Waals surface area contributed by atoms with E-state index in [0.29, 0.717) is 17.8 Å². The summed E-state index contributed by atoms with van der Waals surface area (Å²) in [5.41, 5.74) is 3.34. The predicted molar refractivity (Wildman–Crippen MR) is 108 cm³/mol. The summed E-state index contributed by atoms with van der Waals surface area (Å²) in [6.07, 6.45) is 1.98. The van der Waals surface area contributed by atoms with Crippen molar-refractivity contribution in [3.05, 3.63) is 53.6 Å². The van der Waals surface area contributed by atoms with Crippen LogP contribution in [-0.2, 0) is 11.2 Å². The normalized spacial score (nSPS) is 11.5. The third kappa shape index (κ3) is 6.66. The fourth-order valence-corrected chi connectivity index (χ4v) is 2.58. The van der Waals surface area contributed by atoms with Crippen molar-refractivity contribution in [2.45, 2.75) is 46.1 Å². The van der Waals surface area contributed by atoms with Crippen molar-refractivity contribution in [3.63, 3.8) is 0 Å². The average molecular weight is 369 g/mol. The number of rotatable bonds is 7. The van der Waals surface area contributed by atoms with Crippen LogP contribution in [-0.4, -0.2) is 23.1 Å². The minimum Gasteiger partial charge on any atom is -0.508 e. The van der Waals surface area contributed by atoms with E-state index < -0.39 is 0 Å². The van der Waals surface area contributed by atoms with E-state index in [0.717, 1.165) is 24.0 Å². The number of urea groups is 1. The Morgan fingerprint density at radius 2 is 1.78 bits per heavy atom. The maximum atomic E-state index is 12.3. The van der Waals surface area contributed by atoms with E-state index >= 15 is 0 Å². The first-order valence-electron chi connectivity index (χ1n) is 9.13. The fraction of sp³-hybridized carbons (Fsp3) is 0.333. The lowest BCUT2D eigenvalue weighted by molar-refractivity contribution is -0.115. The van der Waals surface area contributed by atoms with Crippen molar-refractivity contribution in [1.82, 2.24) is 5.32 Å². The number of phenols is 1. The molecule has 1 unspecified atom stereocenters. The SMILES string of the molecule is CCC(=O)Nc1ccc(C)c(NC(=O)NC(C)CCc2ccc(O)cc2)c1. The van der Waals surface area contributed by atoms with Crippen molar-refractivity contribution in [3.8, 4) is 5.75 Å². The van der Waals surface area contributed by atoms with Gasteiger partial charge in [0.25, 0.3) is 0 Å². The van der Waals surface area contributed by atoms with Gasteiger partial charge in [-0.1, -0.05) is 25.1 Å². The minimum atomic E-state index is -0.282. The van der Waals surface area contributed by atoms with E-state index in [9.17, 15) is 14.7 Å². The maximum absolute atomic E-state index is 12.3. The Bertz CT molecular complexity index is 788. The quantitative estimate of drug-likeness (QED) is 0.590. The summed E-state index contributed by atoms with van der Waals surface area (Å²) in [5.74, 6) is 0.175. The van der Waals surface area contributed by atoms with Crippen LogP contribution in [0.1, 0.15) is 37.8 Å². The third-order valence-corrected chi connectivity index (χ3v) is 4.27. The Kier molecular flexibility index (Phi) is 7.23. The van der Waals surface area contributed by atoms with Gasteiger partial charge in [-0.15, -0.1) is 0 Å². The summed E-state index contributed by atoms with van der Waals surface area (Å²) in [4.78, 5) is 23.8. The first-order valence-corrected chi connectivity index (χ1v) is 9.13. The molecule has 0 heterocycles. The molecule has 3 amide bonds. The Balaban J connectivity index is 1.87. The Morgan fingerprint density at radius 1 is 1.07 bits per heavy atom. The molecule has 0 aromatic heterocycles. The van der Waals surface area contributed by atoms with Gasteiger partial charge < -0.3 is 21.1 Å². The molecule has 2 aromatic rings. The highest BCUT2D eigenvalue weighted by molar-refractivity contribution is 5.94. The summed E-state index contributed by atoms with van der Waals surface area (Å²) in [6, 6.07) is 12.2. The molecule has 0 saturated heterocycles. The van der Waals surface area contributed by atoms with Gasteiger partial charge in [0.05, 0.1) is 0 Å². The number of benzene rings is 2. The van der Waals surface area contributed by atoms with Crippen LogP contribution in [0, 0.1) is 6.92 Å². The standard InChI is InChI=1S/C21H27N3O3/c1-4-20(26)23-17-10-5-14(2)19(13-17)24-21(27)22-15(3)6-7-16-8-11-18(25)12-9-16/h5,8-13,15,25H,4,6-7H2,1-3H3,(H,23,26)(H2,22,24,27). The van der Waals surface area contributed by atoms with Crippen molar-refractivity contribution in [1.29, 1.82) is 0 Å². The lowest BCUT2D eigenvalue weighted by Crippen LogP contribution is -2.36. The van der Waals surface area contributed by atoms with Crippen LogP contribution in [0.15, 0.2) is 42.5 Å². The summed E-state index contributed by atoms with van der Waals surface area (Å²) in [6.45, 7) is 5.63. The molecule has 4 N–H and O–H groups in total. The molecule has 0 saturated carbocycles. The van der Waals surface area contributed by atoms with E-state index in [1.807, 2.05) is 38.1 Å². The molecule has 0 spiro atoms. The van der Waals surface area contributed by atoms with Gasteiger partial charge in [0.15, 0.2) is 0 Å². The van der Waals surface area contributed by atoms with Gasteiger partial charge in [0, 0.05) is 23.8 Å². The van der Waals surface area contributed by atoms with Gasteiger partial charge in [0.2, 0.25) is 5.91 Å². The number of aromatic hydroxyl groups is 1. The second-order valence-electron chi connectivity index (χ2n) is 6.64. The molecule has 6 nitrogen and oxygen atoms in total. The molecule has 0 aliphatic carbocycles. The van der Waals surface area contributed by atoms with Crippen molar-refractivity contribution >= 4 is 23.3 Å². The van der Waals surface area contributed by atoms with E-state index in [2.05, 4.69) is 16.0 Å². The van der Waals surface area contributed by atoms with Crippen LogP contribution in [0.2, 0.25) is 0 Å². The second-order valence-corrected chi connectivity index (χ2v) is 6.64. The number of carbonyl (C=O) groups is 2. The van der Waals surface area contributed by atoms with Gasteiger partial charge in [0.1, 0.15) is 5.75 Å². The van der Waals surface area contributed by atoms with Crippen molar-refractivity contribution in [2.75, 3.05) is 10.6 Å². The molecule has 0 fully saturated rings. The number of amides is 3. The number of carbonyl (C=O) groups excluding carboxylic acids is 2. The molecular weight excluding hydrogens is 342 g/mol. The molecule has 6 heteroatoms. The zero-order chi connectivity index (χ0) is 19.8. The first kappa shape index (κ1) is 20.3. The molecule has 1 atom stereocenters. The fourth-order valence-electron chi connectivity index (χ4n) is 2.58. The molecule has 27 heavy (non-hydrogen) atoms. The van der Waals surface area contributed by atoms with E-state index in [-0.39, 0.29) is 23.7 Å². The number of nitrogens with one attached hydrogen (secondary N) is 3. The summed E-state index contributed by atoms with van der Waals surface area (Å²) < 4.78 is 0. The van der Waals surface area contributed by atoms with E-state index in [4.69, 9.17) is 0 Å². The predicted octanol–water partition coefficient (Wildman–Crippen LogP) is 4.19. The topological polar surface area (TPSA) is 90.5 Å². The monoisotopic (exact) mass is 369 g/mol. The molecular formula is C21H27N3O3. The molecule has 2 rings (SSSR count). The molecule has 0 aliphatic heterocycles. The van der Waals surface area contributed by atoms with Crippen LogP contribution in [0.5, 0.6) is 5.75 Å². The molecule has 144 valence electrons. The Morgan fingerprint density at radius 3 is 2.44 bits per heavy atom. The highest BCUT2D eigenvalue weighted by Gasteiger charge is 2.10. The van der Waals surface area contributed by atoms with Gasteiger partial charge in [-0.25, -0.2) is 4.79 Å². The molecule has 0 radical (unpaired) electrons. The smallest absolute Gasteiger partial charge is 0.319 e. The maximum Gasteiger partial charge on any atom is 0.319 e. The van der Waals surface area contributed by atoms with Crippen LogP contribution in [0.25, 0.3) is 0 Å².